The number of para-hydroxylation sites is 1. The third-order valence-electron chi connectivity index (χ3n) is 5.04. The summed E-state index contributed by atoms with van der Waals surface area (Å²) in [5, 5.41) is 32.4. The Balaban J connectivity index is 1.57. The molecule has 33 heavy (non-hydrogen) atoms. The molecule has 0 saturated carbocycles. The van der Waals surface area contributed by atoms with Crippen molar-refractivity contribution in [2.24, 2.45) is 10.2 Å². The van der Waals surface area contributed by atoms with Gasteiger partial charge in [-0.2, -0.15) is 20.1 Å². The largest absolute Gasteiger partial charge is 0.504 e. The van der Waals surface area contributed by atoms with Crippen molar-refractivity contribution in [1.29, 1.82) is 0 Å². The van der Waals surface area contributed by atoms with Crippen LogP contribution in [0.1, 0.15) is 18.4 Å². The molecule has 0 aliphatic carbocycles. The highest BCUT2D eigenvalue weighted by Gasteiger charge is 2.18. The van der Waals surface area contributed by atoms with E-state index in [0.29, 0.717) is 22.9 Å². The Morgan fingerprint density at radius 1 is 1.15 bits per heavy atom. The molecular weight excluding hydrogens is 428 g/mol. The minimum atomic E-state index is -0.462. The van der Waals surface area contributed by atoms with Crippen LogP contribution in [0, 0.1) is 10.1 Å². The van der Waals surface area contributed by atoms with Crippen molar-refractivity contribution in [3.63, 3.8) is 0 Å². The Morgan fingerprint density at radius 2 is 1.91 bits per heavy atom. The van der Waals surface area contributed by atoms with Crippen molar-refractivity contribution in [2.45, 2.75) is 19.4 Å². The van der Waals surface area contributed by atoms with Gasteiger partial charge in [-0.15, -0.1) is 5.11 Å². The molecule has 2 aromatic carbocycles. The molecule has 0 unspecified atom stereocenters. The molecule has 3 aromatic rings. The van der Waals surface area contributed by atoms with Crippen molar-refractivity contribution in [3.8, 4) is 11.5 Å². The first-order valence-electron chi connectivity index (χ1n) is 10.3. The summed E-state index contributed by atoms with van der Waals surface area (Å²) in [4.78, 5) is 25.6. The summed E-state index contributed by atoms with van der Waals surface area (Å²) in [6.07, 6.45) is 2.09. The number of nitro groups is 1. The molecule has 1 aromatic heterocycles. The second-order valence-corrected chi connectivity index (χ2v) is 7.25. The van der Waals surface area contributed by atoms with E-state index in [1.54, 1.807) is 30.3 Å². The van der Waals surface area contributed by atoms with Crippen LogP contribution in [-0.4, -0.2) is 45.2 Å². The number of azo groups is 1. The van der Waals surface area contributed by atoms with Gasteiger partial charge in [0.2, 0.25) is 11.9 Å². The number of non-ortho nitro benzene ring substituents is 1. The van der Waals surface area contributed by atoms with Crippen LogP contribution in [0.25, 0.3) is 0 Å². The summed E-state index contributed by atoms with van der Waals surface area (Å²) in [6, 6.07) is 11.1. The molecule has 1 saturated heterocycles. The maximum atomic E-state index is 10.9. The van der Waals surface area contributed by atoms with Crippen LogP contribution in [0.5, 0.6) is 11.5 Å². The van der Waals surface area contributed by atoms with E-state index in [0.717, 1.165) is 25.9 Å². The minimum absolute atomic E-state index is 0.00730. The maximum absolute atomic E-state index is 10.9. The van der Waals surface area contributed by atoms with E-state index in [-0.39, 0.29) is 29.9 Å². The molecular formula is C21H22N8O4. The quantitative estimate of drug-likeness (QED) is 0.293. The Bertz CT molecular complexity index is 1160. The van der Waals surface area contributed by atoms with E-state index in [1.807, 2.05) is 4.90 Å². The molecule has 170 valence electrons. The lowest BCUT2D eigenvalue weighted by Crippen LogP contribution is -2.21. The van der Waals surface area contributed by atoms with Gasteiger partial charge in [0.05, 0.1) is 18.6 Å². The highest BCUT2D eigenvalue weighted by molar-refractivity contribution is 5.57. The molecule has 12 heteroatoms. The van der Waals surface area contributed by atoms with Gasteiger partial charge in [0, 0.05) is 36.5 Å². The van der Waals surface area contributed by atoms with Gasteiger partial charge < -0.3 is 20.1 Å². The lowest BCUT2D eigenvalue weighted by molar-refractivity contribution is -0.384. The van der Waals surface area contributed by atoms with Crippen LogP contribution >= 0.6 is 0 Å². The Labute approximate surface area is 189 Å². The van der Waals surface area contributed by atoms with Gasteiger partial charge in [-0.05, 0) is 31.0 Å². The molecule has 1 fully saturated rings. The van der Waals surface area contributed by atoms with E-state index in [9.17, 15) is 15.2 Å². The molecule has 1 aliphatic heterocycles. The summed E-state index contributed by atoms with van der Waals surface area (Å²) in [5.74, 6) is 1.20. The van der Waals surface area contributed by atoms with Gasteiger partial charge in [0.15, 0.2) is 11.5 Å². The fourth-order valence-electron chi connectivity index (χ4n) is 3.34. The van der Waals surface area contributed by atoms with Crippen molar-refractivity contribution in [2.75, 3.05) is 30.4 Å². The minimum Gasteiger partial charge on any atom is -0.504 e. The first-order chi connectivity index (χ1) is 16.0. The van der Waals surface area contributed by atoms with Crippen LogP contribution in [0.3, 0.4) is 0 Å². The molecule has 0 radical (unpaired) electrons. The third-order valence-corrected chi connectivity index (χ3v) is 5.04. The average molecular weight is 450 g/mol. The van der Waals surface area contributed by atoms with Crippen molar-refractivity contribution in [1.82, 2.24) is 15.0 Å². The average Bonchev–Trinajstić information content (AvgIpc) is 3.36. The first kappa shape index (κ1) is 21.9. The molecule has 0 atom stereocenters. The number of nitrogens with zero attached hydrogens (tertiary/aromatic N) is 7. The number of hydrogen-bond donors (Lipinski definition) is 2. The van der Waals surface area contributed by atoms with Gasteiger partial charge in [-0.3, -0.25) is 10.1 Å². The lowest BCUT2D eigenvalue weighted by atomic mass is 10.2. The fraction of sp³-hybridized carbons (Fsp3) is 0.286. The summed E-state index contributed by atoms with van der Waals surface area (Å²) in [5.41, 5.74) is 1.13. The maximum Gasteiger partial charge on any atom is 0.275 e. The number of hydrogen-bond acceptors (Lipinski definition) is 11. The number of nitro benzene ring substituents is 1. The zero-order valence-corrected chi connectivity index (χ0v) is 17.9. The third kappa shape index (κ3) is 5.29. The van der Waals surface area contributed by atoms with Crippen LogP contribution in [0.2, 0.25) is 0 Å². The van der Waals surface area contributed by atoms with Gasteiger partial charge in [-0.25, -0.2) is 0 Å². The SMILES string of the molecule is COc1cccc(CN=Nc2nc(Nc3ccc([N+](=O)[O-])cc3)nc(N3CCCC3)n2)c1O. The predicted molar refractivity (Wildman–Crippen MR) is 121 cm³/mol. The number of phenolic OH excluding ortho intramolecular Hbond substituents is 1. The highest BCUT2D eigenvalue weighted by Crippen LogP contribution is 2.30. The van der Waals surface area contributed by atoms with Crippen molar-refractivity contribution in [3.05, 3.63) is 58.1 Å². The first-order valence-corrected chi connectivity index (χ1v) is 10.3. The van der Waals surface area contributed by atoms with Crippen molar-refractivity contribution >= 4 is 29.2 Å². The van der Waals surface area contributed by atoms with Gasteiger partial charge in [0.25, 0.3) is 11.6 Å². The number of anilines is 3. The number of rotatable bonds is 8. The fourth-order valence-corrected chi connectivity index (χ4v) is 3.34. The molecule has 2 N–H and O–H groups in total. The van der Waals surface area contributed by atoms with Gasteiger partial charge in [-0.1, -0.05) is 12.1 Å². The van der Waals surface area contributed by atoms with Crippen LogP contribution in [0.15, 0.2) is 52.7 Å². The number of phenols is 1. The van der Waals surface area contributed by atoms with E-state index in [2.05, 4.69) is 30.5 Å². The summed E-state index contributed by atoms with van der Waals surface area (Å²) in [7, 11) is 1.48. The smallest absolute Gasteiger partial charge is 0.275 e. The molecule has 0 bridgehead atoms. The Kier molecular flexibility index (Phi) is 6.53. The molecule has 2 heterocycles. The second kappa shape index (κ2) is 9.85. The lowest BCUT2D eigenvalue weighted by Gasteiger charge is -2.16. The van der Waals surface area contributed by atoms with E-state index >= 15 is 0 Å². The molecule has 1 aliphatic rings. The molecule has 4 rings (SSSR count). The van der Waals surface area contributed by atoms with Crippen LogP contribution < -0.4 is 15.0 Å². The normalized spacial score (nSPS) is 13.4. The topological polar surface area (TPSA) is 151 Å². The summed E-state index contributed by atoms with van der Waals surface area (Å²) in [6.45, 7) is 1.77. The zero-order valence-electron chi connectivity index (χ0n) is 17.9. The number of nitrogens with one attached hydrogen (secondary N) is 1. The van der Waals surface area contributed by atoms with Gasteiger partial charge in [0.1, 0.15) is 0 Å². The van der Waals surface area contributed by atoms with E-state index < -0.39 is 4.92 Å². The number of aromatic hydroxyl groups is 1. The van der Waals surface area contributed by atoms with E-state index in [4.69, 9.17) is 4.74 Å². The molecule has 12 nitrogen and oxygen atoms in total. The summed E-state index contributed by atoms with van der Waals surface area (Å²) >= 11 is 0. The van der Waals surface area contributed by atoms with Crippen LogP contribution in [-0.2, 0) is 6.54 Å². The number of ether oxygens (including phenoxy) is 1. The Morgan fingerprint density at radius 3 is 2.61 bits per heavy atom. The number of methoxy groups -OCH3 is 1. The highest BCUT2D eigenvalue weighted by atomic mass is 16.6. The standard InChI is InChI=1S/C21H22N8O4/c1-33-17-6-4-5-14(18(17)30)13-22-27-20-24-19(25-21(26-20)28-11-2-3-12-28)23-15-7-9-16(10-8-15)29(31)32/h4-10,30H,2-3,11-13H2,1H3,(H,23,24,25,26). The summed E-state index contributed by atoms with van der Waals surface area (Å²) < 4.78 is 5.11. The second-order valence-electron chi connectivity index (χ2n) is 7.25. The monoisotopic (exact) mass is 450 g/mol. The van der Waals surface area contributed by atoms with Gasteiger partial charge >= 0.3 is 0 Å². The Hall–Kier alpha value is -4.35. The van der Waals surface area contributed by atoms with Crippen LogP contribution in [0.4, 0.5) is 29.2 Å². The van der Waals surface area contributed by atoms with Crippen molar-refractivity contribution < 1.29 is 14.8 Å². The van der Waals surface area contributed by atoms with E-state index in [1.165, 1.54) is 19.2 Å². The molecule has 0 amide bonds. The zero-order chi connectivity index (χ0) is 23.2. The number of benzene rings is 2. The molecule has 0 spiro atoms. The predicted octanol–water partition coefficient (Wildman–Crippen LogP) is 4.12. The number of aromatic nitrogens is 3.